The van der Waals surface area contributed by atoms with Crippen molar-refractivity contribution in [3.05, 3.63) is 59.7 Å². The zero-order chi connectivity index (χ0) is 13.7. The Kier molecular flexibility index (Phi) is 3.84. The maximum Gasteiger partial charge on any atom is 0.196 e. The molecule has 0 aliphatic rings. The molecule has 1 N–H and O–H groups in total. The number of phenolic OH excluding ortho intramolecular Hbond substituents is 1. The summed E-state index contributed by atoms with van der Waals surface area (Å²) in [6, 6.07) is 13.3. The van der Waals surface area contributed by atoms with Crippen LogP contribution in [0.15, 0.2) is 48.5 Å². The van der Waals surface area contributed by atoms with Crippen LogP contribution >= 0.6 is 0 Å². The van der Waals surface area contributed by atoms with Crippen LogP contribution in [-0.2, 0) is 0 Å². The third-order valence-corrected chi connectivity index (χ3v) is 2.52. The van der Waals surface area contributed by atoms with E-state index in [9.17, 15) is 9.90 Å². The zero-order valence-electron chi connectivity index (χ0n) is 10.4. The van der Waals surface area contributed by atoms with Gasteiger partial charge in [-0.2, -0.15) is 0 Å². The van der Waals surface area contributed by atoms with Gasteiger partial charge in [0.15, 0.2) is 5.78 Å². The summed E-state index contributed by atoms with van der Waals surface area (Å²) in [5.74, 6) is 2.63. The van der Waals surface area contributed by atoms with Gasteiger partial charge in [0, 0.05) is 18.6 Å². The van der Waals surface area contributed by atoms with Crippen molar-refractivity contribution < 1.29 is 14.6 Å². The Hall–Kier alpha value is -2.73. The van der Waals surface area contributed by atoms with Gasteiger partial charge in [-0.25, -0.2) is 0 Å². The molecule has 0 saturated heterocycles. The molecular weight excluding hydrogens is 240 g/mol. The van der Waals surface area contributed by atoms with Crippen LogP contribution in [0.2, 0.25) is 0 Å². The van der Waals surface area contributed by atoms with E-state index in [1.54, 1.807) is 37.3 Å². The third-order valence-electron chi connectivity index (χ3n) is 2.52. The highest BCUT2D eigenvalue weighted by molar-refractivity contribution is 6.10. The molecular formula is C16H12O3. The Labute approximate surface area is 111 Å². The maximum atomic E-state index is 12.2. The fraction of sp³-hybridized carbons (Fsp3) is 0.0625. The number of hydrogen-bond donors (Lipinski definition) is 1. The summed E-state index contributed by atoms with van der Waals surface area (Å²) < 4.78 is 5.04. The molecule has 0 atom stereocenters. The fourth-order valence-electron chi connectivity index (χ4n) is 1.62. The molecule has 0 fully saturated rings. The molecule has 0 amide bonds. The predicted molar refractivity (Wildman–Crippen MR) is 72.1 cm³/mol. The second-order valence-corrected chi connectivity index (χ2v) is 3.83. The number of ether oxygens (including phenoxy) is 1. The quantitative estimate of drug-likeness (QED) is 0.674. The number of phenols is 1. The summed E-state index contributed by atoms with van der Waals surface area (Å²) in [4.78, 5) is 12.2. The molecule has 0 aliphatic carbocycles. The molecule has 0 unspecified atom stereocenters. The standard InChI is InChI=1S/C16H12O3/c1-2-10-19-13-8-9-14(15(17)11-13)16(18)12-6-4-3-5-7-12/h3-9,11,17H,1H3. The van der Waals surface area contributed by atoms with Gasteiger partial charge in [-0.15, -0.1) is 0 Å². The first-order valence-corrected chi connectivity index (χ1v) is 5.73. The van der Waals surface area contributed by atoms with E-state index in [1.807, 2.05) is 6.07 Å². The molecule has 2 aromatic rings. The average molecular weight is 252 g/mol. The van der Waals surface area contributed by atoms with Crippen molar-refractivity contribution in [3.8, 4) is 23.5 Å². The number of carbonyl (C=O) groups is 1. The molecule has 0 bridgehead atoms. The summed E-state index contributed by atoms with van der Waals surface area (Å²) in [6.07, 6.45) is 2.43. The van der Waals surface area contributed by atoms with Crippen molar-refractivity contribution in [1.29, 1.82) is 0 Å². The van der Waals surface area contributed by atoms with Crippen LogP contribution in [0, 0.1) is 12.0 Å². The smallest absolute Gasteiger partial charge is 0.196 e. The molecule has 94 valence electrons. The van der Waals surface area contributed by atoms with E-state index in [4.69, 9.17) is 4.74 Å². The van der Waals surface area contributed by atoms with Gasteiger partial charge < -0.3 is 9.84 Å². The number of ketones is 1. The number of rotatable bonds is 3. The van der Waals surface area contributed by atoms with Crippen molar-refractivity contribution in [2.24, 2.45) is 0 Å². The first-order valence-electron chi connectivity index (χ1n) is 5.73. The highest BCUT2D eigenvalue weighted by atomic mass is 16.5. The molecule has 0 radical (unpaired) electrons. The Morgan fingerprint density at radius 1 is 1.16 bits per heavy atom. The highest BCUT2D eigenvalue weighted by Gasteiger charge is 2.13. The highest BCUT2D eigenvalue weighted by Crippen LogP contribution is 2.25. The van der Waals surface area contributed by atoms with Crippen LogP contribution in [-0.4, -0.2) is 10.9 Å². The molecule has 2 aromatic carbocycles. The second-order valence-electron chi connectivity index (χ2n) is 3.83. The molecule has 0 saturated carbocycles. The molecule has 0 spiro atoms. The van der Waals surface area contributed by atoms with Gasteiger partial charge in [-0.3, -0.25) is 4.79 Å². The topological polar surface area (TPSA) is 46.5 Å². The predicted octanol–water partition coefficient (Wildman–Crippen LogP) is 2.98. The van der Waals surface area contributed by atoms with E-state index in [-0.39, 0.29) is 17.1 Å². The lowest BCUT2D eigenvalue weighted by molar-refractivity contribution is 0.103. The van der Waals surface area contributed by atoms with Crippen LogP contribution in [0.1, 0.15) is 22.8 Å². The lowest BCUT2D eigenvalue weighted by Gasteiger charge is -2.05. The third kappa shape index (κ3) is 2.93. The summed E-state index contributed by atoms with van der Waals surface area (Å²) in [5.41, 5.74) is 0.767. The van der Waals surface area contributed by atoms with Crippen molar-refractivity contribution in [3.63, 3.8) is 0 Å². The normalized spacial score (nSPS) is 9.32. The molecule has 0 aromatic heterocycles. The zero-order valence-corrected chi connectivity index (χ0v) is 10.4. The summed E-state index contributed by atoms with van der Waals surface area (Å²) in [7, 11) is 0. The summed E-state index contributed by atoms with van der Waals surface area (Å²) in [6.45, 7) is 1.65. The van der Waals surface area contributed by atoms with E-state index < -0.39 is 0 Å². The minimum absolute atomic E-state index is 0.121. The van der Waals surface area contributed by atoms with E-state index in [0.717, 1.165) is 0 Å². The SMILES string of the molecule is CC#COc1ccc(C(=O)c2ccccc2)c(O)c1. The first kappa shape index (κ1) is 12.7. The largest absolute Gasteiger partial charge is 0.507 e. The Bertz CT molecular complexity index is 649. The van der Waals surface area contributed by atoms with Crippen LogP contribution < -0.4 is 4.74 Å². The molecule has 3 nitrogen and oxygen atoms in total. The van der Waals surface area contributed by atoms with Gasteiger partial charge in [0.2, 0.25) is 0 Å². The monoisotopic (exact) mass is 252 g/mol. The molecule has 0 heterocycles. The van der Waals surface area contributed by atoms with Gasteiger partial charge in [-0.05, 0) is 12.1 Å². The van der Waals surface area contributed by atoms with Crippen LogP contribution in [0.4, 0.5) is 0 Å². The summed E-state index contributed by atoms with van der Waals surface area (Å²) >= 11 is 0. The number of benzene rings is 2. The fourth-order valence-corrected chi connectivity index (χ4v) is 1.62. The van der Waals surface area contributed by atoms with E-state index >= 15 is 0 Å². The summed E-state index contributed by atoms with van der Waals surface area (Å²) in [5, 5.41) is 9.87. The van der Waals surface area contributed by atoms with E-state index in [1.165, 1.54) is 12.1 Å². The van der Waals surface area contributed by atoms with Gasteiger partial charge in [0.1, 0.15) is 17.6 Å². The van der Waals surface area contributed by atoms with Gasteiger partial charge >= 0.3 is 0 Å². The Balaban J connectivity index is 2.30. The van der Waals surface area contributed by atoms with Crippen LogP contribution in [0.3, 0.4) is 0 Å². The molecule has 0 aliphatic heterocycles. The molecule has 19 heavy (non-hydrogen) atoms. The van der Waals surface area contributed by atoms with Crippen molar-refractivity contribution >= 4 is 5.78 Å². The number of aromatic hydroxyl groups is 1. The minimum atomic E-state index is -0.230. The number of carbonyl (C=O) groups excluding carboxylic acids is 1. The molecule has 3 heteroatoms. The number of hydrogen-bond acceptors (Lipinski definition) is 3. The van der Waals surface area contributed by atoms with Crippen LogP contribution in [0.5, 0.6) is 11.5 Å². The van der Waals surface area contributed by atoms with Gasteiger partial charge in [0.05, 0.1) is 5.56 Å². The van der Waals surface area contributed by atoms with Gasteiger partial charge in [-0.1, -0.05) is 36.3 Å². The van der Waals surface area contributed by atoms with Crippen molar-refractivity contribution in [1.82, 2.24) is 0 Å². The van der Waals surface area contributed by atoms with Crippen molar-refractivity contribution in [2.75, 3.05) is 0 Å². The van der Waals surface area contributed by atoms with E-state index in [0.29, 0.717) is 11.3 Å². The Morgan fingerprint density at radius 3 is 2.53 bits per heavy atom. The minimum Gasteiger partial charge on any atom is -0.507 e. The van der Waals surface area contributed by atoms with Crippen molar-refractivity contribution in [2.45, 2.75) is 6.92 Å². The van der Waals surface area contributed by atoms with E-state index in [2.05, 4.69) is 12.0 Å². The maximum absolute atomic E-state index is 12.2. The van der Waals surface area contributed by atoms with Gasteiger partial charge in [0.25, 0.3) is 0 Å². The second kappa shape index (κ2) is 5.74. The lowest BCUT2D eigenvalue weighted by atomic mass is 10.0. The average Bonchev–Trinajstić information content (AvgIpc) is 2.45. The Morgan fingerprint density at radius 2 is 1.89 bits per heavy atom. The van der Waals surface area contributed by atoms with Crippen LogP contribution in [0.25, 0.3) is 0 Å². The molecule has 2 rings (SSSR count). The lowest BCUT2D eigenvalue weighted by Crippen LogP contribution is -2.01. The first-order chi connectivity index (χ1) is 9.22.